The van der Waals surface area contributed by atoms with E-state index in [1.807, 2.05) is 61.2 Å². The van der Waals surface area contributed by atoms with Gasteiger partial charge >= 0.3 is 0 Å². The average molecular weight is 237 g/mol. The van der Waals surface area contributed by atoms with Crippen molar-refractivity contribution in [2.24, 2.45) is 0 Å². The Morgan fingerprint density at radius 3 is 3.00 bits per heavy atom. The van der Waals surface area contributed by atoms with E-state index in [0.717, 1.165) is 16.8 Å². The maximum atomic E-state index is 11.9. The lowest BCUT2D eigenvalue weighted by Crippen LogP contribution is -2.23. The lowest BCUT2D eigenvalue weighted by molar-refractivity contribution is -0.117. The summed E-state index contributed by atoms with van der Waals surface area (Å²) < 4.78 is 0. The fraction of sp³-hybridized carbons (Fsp3) is 0.0667. The number of nitrogens with one attached hydrogen (secondary N) is 2. The second-order valence-corrected chi connectivity index (χ2v) is 4.23. The monoisotopic (exact) mass is 237 g/mol. The molecular weight excluding hydrogens is 224 g/mol. The molecule has 3 rings (SSSR count). The van der Waals surface area contributed by atoms with Crippen LogP contribution in [0.3, 0.4) is 0 Å². The van der Waals surface area contributed by atoms with Gasteiger partial charge in [0.15, 0.2) is 0 Å². The van der Waals surface area contributed by atoms with Crippen molar-refractivity contribution in [3.63, 3.8) is 0 Å². The number of anilines is 1. The summed E-state index contributed by atoms with van der Waals surface area (Å²) in [5, 5.41) is 6.03. The molecule has 0 bridgehead atoms. The van der Waals surface area contributed by atoms with Gasteiger partial charge in [-0.2, -0.15) is 0 Å². The molecule has 18 heavy (non-hydrogen) atoms. The SMILES string of the molecule is O=C1Nc2ccccc2C1NC=C1C=CC=C[CH-]1. The number of hydrogen-bond acceptors (Lipinski definition) is 2. The van der Waals surface area contributed by atoms with Gasteiger partial charge in [0.2, 0.25) is 0 Å². The third kappa shape index (κ3) is 1.91. The van der Waals surface area contributed by atoms with Crippen LogP contribution in [0.15, 0.2) is 60.3 Å². The number of hydrogen-bond donors (Lipinski definition) is 2. The molecule has 2 N–H and O–H groups in total. The molecule has 1 unspecified atom stereocenters. The van der Waals surface area contributed by atoms with E-state index in [9.17, 15) is 4.79 Å². The number of carbonyl (C=O) groups excluding carboxylic acids is 1. The molecule has 0 saturated heterocycles. The van der Waals surface area contributed by atoms with Crippen molar-refractivity contribution < 1.29 is 4.79 Å². The molecule has 0 saturated carbocycles. The van der Waals surface area contributed by atoms with Gasteiger partial charge in [0.1, 0.15) is 6.04 Å². The molecule has 1 atom stereocenters. The van der Waals surface area contributed by atoms with Gasteiger partial charge in [0.25, 0.3) is 5.91 Å². The summed E-state index contributed by atoms with van der Waals surface area (Å²) in [7, 11) is 0. The predicted octanol–water partition coefficient (Wildman–Crippen LogP) is 2.48. The number of amides is 1. The molecule has 0 fully saturated rings. The highest BCUT2D eigenvalue weighted by Gasteiger charge is 2.28. The molecule has 2 aliphatic rings. The first kappa shape index (κ1) is 10.7. The summed E-state index contributed by atoms with van der Waals surface area (Å²) in [6.45, 7) is 0. The molecule has 1 aromatic carbocycles. The minimum Gasteiger partial charge on any atom is -0.415 e. The fourth-order valence-electron chi connectivity index (χ4n) is 2.10. The summed E-state index contributed by atoms with van der Waals surface area (Å²) in [4.78, 5) is 11.9. The molecule has 0 radical (unpaired) electrons. The minimum atomic E-state index is -0.304. The Morgan fingerprint density at radius 2 is 2.17 bits per heavy atom. The van der Waals surface area contributed by atoms with Crippen LogP contribution in [0.4, 0.5) is 5.69 Å². The van der Waals surface area contributed by atoms with Gasteiger partial charge in [-0.05, 0) is 6.07 Å². The van der Waals surface area contributed by atoms with E-state index in [-0.39, 0.29) is 11.9 Å². The molecule has 1 aliphatic carbocycles. The van der Waals surface area contributed by atoms with Crippen molar-refractivity contribution in [1.82, 2.24) is 5.32 Å². The minimum absolute atomic E-state index is 0.0108. The first-order chi connectivity index (χ1) is 8.84. The zero-order chi connectivity index (χ0) is 12.4. The highest BCUT2D eigenvalue weighted by Crippen LogP contribution is 2.30. The standard InChI is InChI=1S/C15H13N2O/c18-15-14(12-8-4-5-9-13(12)17-15)16-10-11-6-2-1-3-7-11/h1-10,14,16H,(H,17,18)/q-1. The van der Waals surface area contributed by atoms with Crippen LogP contribution in [0, 0.1) is 6.42 Å². The molecular formula is C15H13N2O-. The van der Waals surface area contributed by atoms with E-state index < -0.39 is 0 Å². The van der Waals surface area contributed by atoms with Crippen LogP contribution in [0.25, 0.3) is 0 Å². The second-order valence-electron chi connectivity index (χ2n) is 4.23. The molecule has 1 aliphatic heterocycles. The largest absolute Gasteiger partial charge is 0.415 e. The lowest BCUT2D eigenvalue weighted by atomic mass is 10.1. The zero-order valence-electron chi connectivity index (χ0n) is 9.76. The number of para-hydroxylation sites is 1. The van der Waals surface area contributed by atoms with Crippen molar-refractivity contribution in [1.29, 1.82) is 0 Å². The van der Waals surface area contributed by atoms with Crippen molar-refractivity contribution in [2.45, 2.75) is 6.04 Å². The van der Waals surface area contributed by atoms with Crippen molar-refractivity contribution >= 4 is 11.6 Å². The fourth-order valence-corrected chi connectivity index (χ4v) is 2.10. The Labute approximate surface area is 106 Å². The first-order valence-corrected chi connectivity index (χ1v) is 5.89. The molecule has 90 valence electrons. The third-order valence-corrected chi connectivity index (χ3v) is 3.01. The summed E-state index contributed by atoms with van der Waals surface area (Å²) in [6.07, 6.45) is 11.8. The van der Waals surface area contributed by atoms with Crippen LogP contribution in [0.1, 0.15) is 11.6 Å². The van der Waals surface area contributed by atoms with Gasteiger partial charge in [-0.15, -0.1) is 36.3 Å². The van der Waals surface area contributed by atoms with E-state index in [4.69, 9.17) is 0 Å². The molecule has 1 aromatic rings. The summed E-state index contributed by atoms with van der Waals surface area (Å²) in [6, 6.07) is 7.43. The van der Waals surface area contributed by atoms with Gasteiger partial charge in [-0.1, -0.05) is 24.4 Å². The highest BCUT2D eigenvalue weighted by atomic mass is 16.2. The van der Waals surface area contributed by atoms with Crippen molar-refractivity contribution in [3.05, 3.63) is 72.3 Å². The van der Waals surface area contributed by atoms with Gasteiger partial charge in [-0.3, -0.25) is 4.79 Å². The van der Waals surface area contributed by atoms with Crippen LogP contribution in [0.2, 0.25) is 0 Å². The van der Waals surface area contributed by atoms with Crippen molar-refractivity contribution in [3.8, 4) is 0 Å². The van der Waals surface area contributed by atoms with Gasteiger partial charge < -0.3 is 10.6 Å². The van der Waals surface area contributed by atoms with E-state index in [0.29, 0.717) is 0 Å². The Morgan fingerprint density at radius 1 is 1.28 bits per heavy atom. The van der Waals surface area contributed by atoms with Crippen molar-refractivity contribution in [2.75, 3.05) is 5.32 Å². The summed E-state index contributed by atoms with van der Waals surface area (Å²) >= 11 is 0. The molecule has 0 spiro atoms. The smallest absolute Gasteiger partial charge is 0.250 e. The van der Waals surface area contributed by atoms with E-state index >= 15 is 0 Å². The van der Waals surface area contributed by atoms with Gasteiger partial charge in [0.05, 0.1) is 0 Å². The Hall–Kier alpha value is -2.42. The van der Waals surface area contributed by atoms with Crippen LogP contribution >= 0.6 is 0 Å². The number of carbonyl (C=O) groups is 1. The average Bonchev–Trinajstić information content (AvgIpc) is 2.73. The first-order valence-electron chi connectivity index (χ1n) is 5.89. The quantitative estimate of drug-likeness (QED) is 0.776. The van der Waals surface area contributed by atoms with Crippen LogP contribution in [0.5, 0.6) is 0 Å². The number of rotatable bonds is 2. The Bertz CT molecular complexity index is 570. The molecule has 1 amide bonds. The third-order valence-electron chi connectivity index (χ3n) is 3.01. The Kier molecular flexibility index (Phi) is 2.65. The summed E-state index contributed by atoms with van der Waals surface area (Å²) in [5.74, 6) is -0.0108. The second kappa shape index (κ2) is 4.45. The van der Waals surface area contributed by atoms with Crippen LogP contribution in [-0.2, 0) is 4.79 Å². The highest BCUT2D eigenvalue weighted by molar-refractivity contribution is 6.02. The van der Waals surface area contributed by atoms with Gasteiger partial charge in [-0.25, -0.2) is 0 Å². The predicted molar refractivity (Wildman–Crippen MR) is 71.6 cm³/mol. The maximum absolute atomic E-state index is 11.9. The van der Waals surface area contributed by atoms with Crippen LogP contribution in [-0.4, -0.2) is 5.91 Å². The van der Waals surface area contributed by atoms with E-state index in [1.165, 1.54) is 0 Å². The molecule has 0 aromatic heterocycles. The number of allylic oxidation sites excluding steroid dienone is 5. The Balaban J connectivity index is 1.79. The van der Waals surface area contributed by atoms with E-state index in [2.05, 4.69) is 10.6 Å². The normalized spacial score (nSPS) is 22.6. The zero-order valence-corrected chi connectivity index (χ0v) is 9.76. The topological polar surface area (TPSA) is 41.1 Å². The number of benzene rings is 1. The number of fused-ring (bicyclic) bond motifs is 1. The molecule has 3 heteroatoms. The van der Waals surface area contributed by atoms with Gasteiger partial charge in [0, 0.05) is 11.3 Å². The molecule has 1 heterocycles. The maximum Gasteiger partial charge on any atom is 0.250 e. The summed E-state index contributed by atoms with van der Waals surface area (Å²) in [5.41, 5.74) is 2.94. The van der Waals surface area contributed by atoms with E-state index in [1.54, 1.807) is 0 Å². The van der Waals surface area contributed by atoms with Crippen LogP contribution < -0.4 is 10.6 Å². The lowest BCUT2D eigenvalue weighted by Gasteiger charge is -2.15. The molecule has 3 nitrogen and oxygen atoms in total.